The van der Waals surface area contributed by atoms with Gasteiger partial charge in [-0.1, -0.05) is 51.1 Å². The van der Waals surface area contributed by atoms with Gasteiger partial charge in [-0.05, 0) is 72.5 Å². The number of carbonyl (C=O) groups is 2. The Morgan fingerprint density at radius 1 is 0.844 bits per heavy atom. The number of hydrogen-bond acceptors (Lipinski definition) is 4. The summed E-state index contributed by atoms with van der Waals surface area (Å²) in [6, 6.07) is 21.5. The number of carbonyl (C=O) groups excluding carboxylic acids is 2. The summed E-state index contributed by atoms with van der Waals surface area (Å²) in [7, 11) is 0. The van der Waals surface area contributed by atoms with Crippen molar-refractivity contribution in [2.45, 2.75) is 33.1 Å². The Morgan fingerprint density at radius 2 is 1.47 bits per heavy atom. The van der Waals surface area contributed by atoms with Crippen LogP contribution in [-0.2, 0) is 5.41 Å². The maximum atomic E-state index is 12.5. The molecule has 0 N–H and O–H groups in total. The molecule has 0 atom stereocenters. The first-order valence-corrected chi connectivity index (χ1v) is 10.6. The summed E-state index contributed by atoms with van der Waals surface area (Å²) in [5.74, 6) is 0.540. The van der Waals surface area contributed by atoms with Crippen molar-refractivity contribution >= 4 is 17.8 Å². The molecule has 0 radical (unpaired) electrons. The van der Waals surface area contributed by atoms with E-state index in [0.717, 1.165) is 16.9 Å². The summed E-state index contributed by atoms with van der Waals surface area (Å²) in [6.07, 6.45) is 3.25. The number of allylic oxidation sites excluding steroid dienone is 1. The first-order valence-electron chi connectivity index (χ1n) is 10.6. The quantitative estimate of drug-likeness (QED) is 0.187. The third kappa shape index (κ3) is 5.94. The smallest absolute Gasteiger partial charge is 0.343 e. The van der Waals surface area contributed by atoms with Gasteiger partial charge in [0.15, 0.2) is 5.78 Å². The minimum Gasteiger partial charge on any atom is -0.493 e. The van der Waals surface area contributed by atoms with Crippen molar-refractivity contribution < 1.29 is 19.1 Å². The average Bonchev–Trinajstić information content (AvgIpc) is 2.78. The molecule has 0 unspecified atom stereocenters. The number of ether oxygens (including phenoxy) is 2. The van der Waals surface area contributed by atoms with E-state index in [2.05, 4.69) is 20.8 Å². The maximum Gasteiger partial charge on any atom is 0.343 e. The number of rotatable bonds is 7. The minimum absolute atomic E-state index is 0.0182. The molecule has 3 rings (SSSR count). The van der Waals surface area contributed by atoms with Gasteiger partial charge in [-0.25, -0.2) is 4.79 Å². The molecule has 0 saturated carbocycles. The van der Waals surface area contributed by atoms with Crippen molar-refractivity contribution in [1.82, 2.24) is 0 Å². The molecule has 0 aromatic heterocycles. The Morgan fingerprint density at radius 3 is 2.09 bits per heavy atom. The van der Waals surface area contributed by atoms with E-state index >= 15 is 0 Å². The zero-order valence-electron chi connectivity index (χ0n) is 18.9. The van der Waals surface area contributed by atoms with E-state index in [1.54, 1.807) is 42.5 Å². The summed E-state index contributed by atoms with van der Waals surface area (Å²) in [5.41, 5.74) is 2.99. The van der Waals surface area contributed by atoms with Crippen molar-refractivity contribution in [1.29, 1.82) is 0 Å². The molecule has 0 bridgehead atoms. The van der Waals surface area contributed by atoms with Crippen LogP contribution >= 0.6 is 0 Å². The Labute approximate surface area is 189 Å². The van der Waals surface area contributed by atoms with Crippen LogP contribution in [0.2, 0.25) is 0 Å². The maximum absolute atomic E-state index is 12.5. The highest BCUT2D eigenvalue weighted by Gasteiger charge is 2.15. The summed E-state index contributed by atoms with van der Waals surface area (Å²) in [4.78, 5) is 24.9. The van der Waals surface area contributed by atoms with E-state index in [1.807, 2.05) is 43.3 Å². The number of para-hydroxylation sites is 1. The Balaban J connectivity index is 1.64. The third-order valence-electron chi connectivity index (χ3n) is 4.97. The van der Waals surface area contributed by atoms with Crippen molar-refractivity contribution in [3.8, 4) is 11.5 Å². The molecule has 0 saturated heterocycles. The Hall–Kier alpha value is -3.66. The van der Waals surface area contributed by atoms with Crippen LogP contribution in [0.15, 0.2) is 78.9 Å². The van der Waals surface area contributed by atoms with Crippen molar-refractivity contribution in [2.24, 2.45) is 0 Å². The monoisotopic (exact) mass is 428 g/mol. The highest BCUT2D eigenvalue weighted by molar-refractivity contribution is 6.07. The van der Waals surface area contributed by atoms with E-state index in [1.165, 1.54) is 6.08 Å². The molecule has 0 aliphatic carbocycles. The zero-order valence-corrected chi connectivity index (χ0v) is 18.9. The van der Waals surface area contributed by atoms with Crippen LogP contribution in [-0.4, -0.2) is 18.4 Å². The normalized spacial score (nSPS) is 11.4. The second-order valence-corrected chi connectivity index (χ2v) is 8.41. The van der Waals surface area contributed by atoms with E-state index in [-0.39, 0.29) is 11.2 Å². The molecule has 32 heavy (non-hydrogen) atoms. The lowest BCUT2D eigenvalue weighted by molar-refractivity contribution is 0.0734. The van der Waals surface area contributed by atoms with Crippen molar-refractivity contribution in [3.05, 3.63) is 101 Å². The van der Waals surface area contributed by atoms with Gasteiger partial charge in [0.25, 0.3) is 0 Å². The van der Waals surface area contributed by atoms with E-state index in [0.29, 0.717) is 23.5 Å². The van der Waals surface area contributed by atoms with Crippen LogP contribution in [0.1, 0.15) is 59.5 Å². The predicted molar refractivity (Wildman–Crippen MR) is 128 cm³/mol. The average molecular weight is 429 g/mol. The molecule has 164 valence electrons. The van der Waals surface area contributed by atoms with E-state index in [9.17, 15) is 9.59 Å². The van der Waals surface area contributed by atoms with Crippen LogP contribution in [0.25, 0.3) is 6.08 Å². The number of benzene rings is 3. The van der Waals surface area contributed by atoms with E-state index in [4.69, 9.17) is 9.47 Å². The Bertz CT molecular complexity index is 1100. The van der Waals surface area contributed by atoms with Crippen LogP contribution < -0.4 is 9.47 Å². The molecule has 4 heteroatoms. The topological polar surface area (TPSA) is 52.6 Å². The standard InChI is InChI=1S/C28H28O4/c1-5-31-26-9-7-6-8-21(26)14-19-25(29)20-12-17-24(18-13-20)32-27(30)22-10-15-23(16-11-22)28(2,3)4/h6-19H,5H2,1-4H3/b19-14+. The molecule has 0 spiro atoms. The number of hydrogen-bond donors (Lipinski definition) is 0. The molecule has 0 fully saturated rings. The summed E-state index contributed by atoms with van der Waals surface area (Å²) < 4.78 is 11.0. The fourth-order valence-corrected chi connectivity index (χ4v) is 3.13. The fraction of sp³-hybridized carbons (Fsp3) is 0.214. The Kier molecular flexibility index (Phi) is 7.26. The van der Waals surface area contributed by atoms with Gasteiger partial charge in [0.1, 0.15) is 11.5 Å². The second kappa shape index (κ2) is 10.1. The first-order chi connectivity index (χ1) is 15.3. The van der Waals surface area contributed by atoms with Gasteiger partial charge < -0.3 is 9.47 Å². The molecule has 0 amide bonds. The third-order valence-corrected chi connectivity index (χ3v) is 4.97. The molecule has 4 nitrogen and oxygen atoms in total. The molecular weight excluding hydrogens is 400 g/mol. The van der Waals surface area contributed by atoms with Gasteiger partial charge in [0.05, 0.1) is 12.2 Å². The second-order valence-electron chi connectivity index (χ2n) is 8.41. The molecule has 3 aromatic rings. The fourth-order valence-electron chi connectivity index (χ4n) is 3.13. The lowest BCUT2D eigenvalue weighted by Gasteiger charge is -2.18. The highest BCUT2D eigenvalue weighted by Crippen LogP contribution is 2.23. The molecular formula is C28H28O4. The lowest BCUT2D eigenvalue weighted by atomic mass is 9.87. The lowest BCUT2D eigenvalue weighted by Crippen LogP contribution is -2.13. The SMILES string of the molecule is CCOc1ccccc1/C=C/C(=O)c1ccc(OC(=O)c2ccc(C(C)(C)C)cc2)cc1. The summed E-state index contributed by atoms with van der Waals surface area (Å²) in [5, 5.41) is 0. The van der Waals surface area contributed by atoms with Gasteiger partial charge in [-0.3, -0.25) is 4.79 Å². The van der Waals surface area contributed by atoms with Gasteiger partial charge in [-0.2, -0.15) is 0 Å². The molecule has 0 aliphatic heterocycles. The van der Waals surface area contributed by atoms with Crippen LogP contribution in [0, 0.1) is 0 Å². The number of ketones is 1. The van der Waals surface area contributed by atoms with Crippen LogP contribution in [0.5, 0.6) is 11.5 Å². The van der Waals surface area contributed by atoms with Gasteiger partial charge >= 0.3 is 5.97 Å². The first kappa shape index (κ1) is 23.0. The highest BCUT2D eigenvalue weighted by atomic mass is 16.5. The molecule has 0 heterocycles. The minimum atomic E-state index is -0.433. The van der Waals surface area contributed by atoms with Crippen molar-refractivity contribution in [2.75, 3.05) is 6.61 Å². The largest absolute Gasteiger partial charge is 0.493 e. The predicted octanol–water partition coefficient (Wildman–Crippen LogP) is 6.50. The molecule has 0 aliphatic rings. The van der Waals surface area contributed by atoms with E-state index < -0.39 is 5.97 Å². The summed E-state index contributed by atoms with van der Waals surface area (Å²) >= 11 is 0. The van der Waals surface area contributed by atoms with Gasteiger partial charge in [0, 0.05) is 11.1 Å². The summed E-state index contributed by atoms with van der Waals surface area (Å²) in [6.45, 7) is 8.84. The zero-order chi connectivity index (χ0) is 23.1. The van der Waals surface area contributed by atoms with Gasteiger partial charge in [-0.15, -0.1) is 0 Å². The molecule has 3 aromatic carbocycles. The van der Waals surface area contributed by atoms with Crippen molar-refractivity contribution in [3.63, 3.8) is 0 Å². The van der Waals surface area contributed by atoms with Crippen LogP contribution in [0.4, 0.5) is 0 Å². The van der Waals surface area contributed by atoms with Gasteiger partial charge in [0.2, 0.25) is 0 Å². The number of esters is 1. The van der Waals surface area contributed by atoms with Crippen LogP contribution in [0.3, 0.4) is 0 Å².